The lowest BCUT2D eigenvalue weighted by Gasteiger charge is -2.13. The van der Waals surface area contributed by atoms with Gasteiger partial charge in [-0.2, -0.15) is 0 Å². The summed E-state index contributed by atoms with van der Waals surface area (Å²) in [5, 5.41) is 1.14. The van der Waals surface area contributed by atoms with Gasteiger partial charge in [0.25, 0.3) is 0 Å². The van der Waals surface area contributed by atoms with E-state index in [0.717, 1.165) is 16.5 Å². The molecule has 0 fully saturated rings. The molecule has 0 bridgehead atoms. The molecule has 0 unspecified atom stereocenters. The molecule has 0 radical (unpaired) electrons. The molecule has 0 aliphatic carbocycles. The lowest BCUT2D eigenvalue weighted by atomic mass is 10.1. The van der Waals surface area contributed by atoms with Crippen LogP contribution < -0.4 is 5.73 Å². The van der Waals surface area contributed by atoms with E-state index in [1.54, 1.807) is 0 Å². The summed E-state index contributed by atoms with van der Waals surface area (Å²) in [4.78, 5) is 13.9. The quantitative estimate of drug-likeness (QED) is 0.811. The Balaban J connectivity index is 2.01. The Bertz CT molecular complexity index is 619. The molecular formula is C16H23N3O2. The van der Waals surface area contributed by atoms with Crippen LogP contribution in [0.5, 0.6) is 0 Å². The van der Waals surface area contributed by atoms with Crippen LogP contribution in [0.3, 0.4) is 0 Å². The molecule has 2 rings (SSSR count). The second kappa shape index (κ2) is 6.74. The normalized spacial score (nSPS) is 12.8. The Morgan fingerprint density at radius 1 is 1.38 bits per heavy atom. The van der Waals surface area contributed by atoms with E-state index in [9.17, 15) is 4.79 Å². The first-order valence-corrected chi connectivity index (χ1v) is 7.09. The molecule has 1 atom stereocenters. The van der Waals surface area contributed by atoms with Gasteiger partial charge in [-0.25, -0.2) is 0 Å². The highest BCUT2D eigenvalue weighted by Gasteiger charge is 2.18. The number of likely N-dealkylation sites (N-methyl/N-ethyl adjacent to an activating group) is 1. The number of aryl methyl sites for hydroxylation is 1. The van der Waals surface area contributed by atoms with Crippen LogP contribution in [0.4, 0.5) is 0 Å². The van der Waals surface area contributed by atoms with Gasteiger partial charge in [0.05, 0.1) is 0 Å². The highest BCUT2D eigenvalue weighted by molar-refractivity contribution is 5.85. The number of para-hydroxylation sites is 1. The lowest BCUT2D eigenvalue weighted by molar-refractivity contribution is -0.145. The van der Waals surface area contributed by atoms with Gasteiger partial charge in [0.15, 0.2) is 0 Å². The van der Waals surface area contributed by atoms with E-state index in [0.29, 0.717) is 19.6 Å². The molecule has 5 nitrogen and oxygen atoms in total. The molecule has 21 heavy (non-hydrogen) atoms. The van der Waals surface area contributed by atoms with E-state index in [4.69, 9.17) is 10.5 Å². The van der Waals surface area contributed by atoms with Gasteiger partial charge in [-0.3, -0.25) is 4.79 Å². The van der Waals surface area contributed by atoms with Crippen LogP contribution in [0.25, 0.3) is 10.9 Å². The van der Waals surface area contributed by atoms with Crippen LogP contribution in [-0.4, -0.2) is 48.7 Å². The third kappa shape index (κ3) is 3.83. The monoisotopic (exact) mass is 289 g/mol. The Morgan fingerprint density at radius 2 is 2.10 bits per heavy atom. The number of nitrogens with two attached hydrogens (primary N) is 1. The average molecular weight is 289 g/mol. The average Bonchev–Trinajstić information content (AvgIpc) is 2.75. The molecule has 1 heterocycles. The number of benzene rings is 1. The van der Waals surface area contributed by atoms with E-state index >= 15 is 0 Å². The molecule has 0 saturated heterocycles. The number of carbonyl (C=O) groups excluding carboxylic acids is 1. The zero-order valence-electron chi connectivity index (χ0n) is 12.9. The Kier molecular flexibility index (Phi) is 4.98. The zero-order chi connectivity index (χ0) is 15.4. The predicted molar refractivity (Wildman–Crippen MR) is 84.1 cm³/mol. The summed E-state index contributed by atoms with van der Waals surface area (Å²) in [6, 6.07) is 7.47. The van der Waals surface area contributed by atoms with Crippen molar-refractivity contribution in [1.29, 1.82) is 0 Å². The van der Waals surface area contributed by atoms with Crippen molar-refractivity contribution < 1.29 is 9.53 Å². The van der Waals surface area contributed by atoms with Crippen LogP contribution >= 0.6 is 0 Å². The minimum atomic E-state index is -0.627. The van der Waals surface area contributed by atoms with E-state index in [2.05, 4.69) is 16.7 Å². The van der Waals surface area contributed by atoms with E-state index < -0.39 is 6.04 Å². The number of rotatable bonds is 6. The number of fused-ring (bicyclic) bond motifs is 1. The third-order valence-electron chi connectivity index (χ3n) is 3.50. The summed E-state index contributed by atoms with van der Waals surface area (Å²) in [6.45, 7) is 1.07. The first kappa shape index (κ1) is 15.5. The fourth-order valence-corrected chi connectivity index (χ4v) is 2.34. The maximum Gasteiger partial charge on any atom is 0.323 e. The number of esters is 1. The zero-order valence-corrected chi connectivity index (χ0v) is 12.9. The minimum Gasteiger partial charge on any atom is -0.463 e. The van der Waals surface area contributed by atoms with Gasteiger partial charge in [0.2, 0.25) is 0 Å². The molecule has 114 valence electrons. The molecular weight excluding hydrogens is 266 g/mol. The van der Waals surface area contributed by atoms with Gasteiger partial charge >= 0.3 is 5.97 Å². The smallest absolute Gasteiger partial charge is 0.323 e. The topological polar surface area (TPSA) is 60.5 Å². The highest BCUT2D eigenvalue weighted by Crippen LogP contribution is 2.21. The van der Waals surface area contributed by atoms with Gasteiger partial charge in [-0.1, -0.05) is 18.2 Å². The molecule has 5 heteroatoms. The molecule has 0 amide bonds. The van der Waals surface area contributed by atoms with Crippen molar-refractivity contribution in [3.8, 4) is 0 Å². The van der Waals surface area contributed by atoms with Crippen molar-refractivity contribution in [2.24, 2.45) is 12.8 Å². The van der Waals surface area contributed by atoms with Crippen LogP contribution in [0.2, 0.25) is 0 Å². The Hall–Kier alpha value is -1.85. The third-order valence-corrected chi connectivity index (χ3v) is 3.50. The number of hydrogen-bond acceptors (Lipinski definition) is 4. The number of carbonyl (C=O) groups is 1. The van der Waals surface area contributed by atoms with Gasteiger partial charge in [0.1, 0.15) is 12.6 Å². The standard InChI is InChI=1S/C16H23N3O2/c1-18(2)8-9-21-16(20)14(17)10-12-11-19(3)15-7-5-4-6-13(12)15/h4-7,11,14H,8-10,17H2,1-3H3/t14-/m1/s1. The van der Waals surface area contributed by atoms with Gasteiger partial charge < -0.3 is 19.9 Å². The predicted octanol–water partition coefficient (Wildman–Crippen LogP) is 1.15. The van der Waals surface area contributed by atoms with Gasteiger partial charge in [-0.15, -0.1) is 0 Å². The Morgan fingerprint density at radius 3 is 2.81 bits per heavy atom. The summed E-state index contributed by atoms with van der Waals surface area (Å²) in [5.74, 6) is -0.343. The maximum absolute atomic E-state index is 11.9. The Labute approximate surface area is 125 Å². The second-order valence-electron chi connectivity index (χ2n) is 5.56. The van der Waals surface area contributed by atoms with E-state index in [1.165, 1.54) is 0 Å². The van der Waals surface area contributed by atoms with Crippen molar-refractivity contribution in [3.63, 3.8) is 0 Å². The second-order valence-corrected chi connectivity index (χ2v) is 5.56. The maximum atomic E-state index is 11.9. The molecule has 0 aliphatic rings. The molecule has 0 spiro atoms. The number of aromatic nitrogens is 1. The first-order valence-electron chi connectivity index (χ1n) is 7.09. The summed E-state index contributed by atoms with van der Waals surface area (Å²) < 4.78 is 7.24. The van der Waals surface area contributed by atoms with Crippen LogP contribution in [0, 0.1) is 0 Å². The van der Waals surface area contributed by atoms with Gasteiger partial charge in [0, 0.05) is 37.1 Å². The fourth-order valence-electron chi connectivity index (χ4n) is 2.34. The van der Waals surface area contributed by atoms with Crippen LogP contribution in [0.1, 0.15) is 5.56 Å². The first-order chi connectivity index (χ1) is 9.99. The number of nitrogens with zero attached hydrogens (tertiary/aromatic N) is 2. The van der Waals surface area contributed by atoms with Crippen molar-refractivity contribution in [2.75, 3.05) is 27.2 Å². The fraction of sp³-hybridized carbons (Fsp3) is 0.438. The van der Waals surface area contributed by atoms with Crippen molar-refractivity contribution in [2.45, 2.75) is 12.5 Å². The van der Waals surface area contributed by atoms with Crippen LogP contribution in [-0.2, 0) is 23.0 Å². The number of ether oxygens (including phenoxy) is 1. The SMILES string of the molecule is CN(C)CCOC(=O)[C@H](N)Cc1cn(C)c2ccccc12. The lowest BCUT2D eigenvalue weighted by Crippen LogP contribution is -2.35. The van der Waals surface area contributed by atoms with Gasteiger partial charge in [-0.05, 0) is 25.7 Å². The minimum absolute atomic E-state index is 0.343. The number of hydrogen-bond donors (Lipinski definition) is 1. The summed E-state index contributed by atoms with van der Waals surface area (Å²) in [6.07, 6.45) is 2.51. The van der Waals surface area contributed by atoms with Crippen molar-refractivity contribution >= 4 is 16.9 Å². The molecule has 1 aromatic carbocycles. The summed E-state index contributed by atoms with van der Waals surface area (Å²) in [5.41, 5.74) is 8.18. The molecule has 2 aromatic rings. The molecule has 0 saturated carbocycles. The van der Waals surface area contributed by atoms with Crippen molar-refractivity contribution in [1.82, 2.24) is 9.47 Å². The molecule has 1 aromatic heterocycles. The van der Waals surface area contributed by atoms with E-state index in [-0.39, 0.29) is 5.97 Å². The molecule has 2 N–H and O–H groups in total. The largest absolute Gasteiger partial charge is 0.463 e. The van der Waals surface area contributed by atoms with E-state index in [1.807, 2.05) is 44.4 Å². The highest BCUT2D eigenvalue weighted by atomic mass is 16.5. The molecule has 0 aliphatic heterocycles. The van der Waals surface area contributed by atoms with Crippen molar-refractivity contribution in [3.05, 3.63) is 36.0 Å². The summed E-state index contributed by atoms with van der Waals surface area (Å²) >= 11 is 0. The summed E-state index contributed by atoms with van der Waals surface area (Å²) in [7, 11) is 5.86. The van der Waals surface area contributed by atoms with Crippen LogP contribution in [0.15, 0.2) is 30.5 Å².